The average Bonchev–Trinajstić information content (AvgIpc) is 2.86. The molecule has 0 spiro atoms. The molecule has 2 rings (SSSR count). The summed E-state index contributed by atoms with van der Waals surface area (Å²) in [5.74, 6) is 0.490. The molecule has 2 atom stereocenters. The van der Waals surface area contributed by atoms with Gasteiger partial charge in [-0.3, -0.25) is 4.79 Å². The topological polar surface area (TPSA) is 40.6 Å². The summed E-state index contributed by atoms with van der Waals surface area (Å²) in [6.07, 6.45) is 5.93. The molecular formula is C15H26N2O2. The minimum atomic E-state index is 0.111. The van der Waals surface area contributed by atoms with Gasteiger partial charge in [0.15, 0.2) is 0 Å². The Balaban J connectivity index is 2.11. The summed E-state index contributed by atoms with van der Waals surface area (Å²) in [5, 5.41) is 0. The van der Waals surface area contributed by atoms with Gasteiger partial charge in [-0.25, -0.2) is 4.79 Å². The van der Waals surface area contributed by atoms with Crippen LogP contribution in [0.5, 0.6) is 0 Å². The number of carbonyl (C=O) groups is 2. The molecule has 0 N–H and O–H groups in total. The molecule has 2 aliphatic rings. The van der Waals surface area contributed by atoms with Gasteiger partial charge in [0.05, 0.1) is 0 Å². The van der Waals surface area contributed by atoms with Crippen LogP contribution in [0, 0.1) is 5.92 Å². The highest BCUT2D eigenvalue weighted by Gasteiger charge is 2.39. The van der Waals surface area contributed by atoms with Crippen LogP contribution in [0.2, 0.25) is 0 Å². The Morgan fingerprint density at radius 3 is 2.53 bits per heavy atom. The number of amides is 2. The van der Waals surface area contributed by atoms with Gasteiger partial charge in [-0.1, -0.05) is 0 Å². The summed E-state index contributed by atoms with van der Waals surface area (Å²) < 4.78 is 0. The molecule has 2 amide bonds. The van der Waals surface area contributed by atoms with Gasteiger partial charge >= 0.3 is 6.03 Å². The SMILES string of the molecule is CCN(CC)C(=O)N1CCCCC1C1CCCC1=O. The molecule has 4 nitrogen and oxygen atoms in total. The van der Waals surface area contributed by atoms with E-state index in [9.17, 15) is 9.59 Å². The second kappa shape index (κ2) is 6.40. The van der Waals surface area contributed by atoms with Crippen LogP contribution in [0.1, 0.15) is 52.4 Å². The van der Waals surface area contributed by atoms with Crippen LogP contribution in [-0.4, -0.2) is 47.3 Å². The van der Waals surface area contributed by atoms with Crippen LogP contribution in [0.4, 0.5) is 4.79 Å². The molecule has 2 fully saturated rings. The molecule has 0 aromatic heterocycles. The average molecular weight is 266 g/mol. The zero-order valence-corrected chi connectivity index (χ0v) is 12.2. The number of carbonyl (C=O) groups excluding carboxylic acids is 2. The van der Waals surface area contributed by atoms with E-state index in [0.29, 0.717) is 12.2 Å². The number of urea groups is 1. The normalized spacial score (nSPS) is 27.7. The minimum absolute atomic E-state index is 0.111. The number of hydrogen-bond acceptors (Lipinski definition) is 2. The maximum absolute atomic E-state index is 12.6. The van der Waals surface area contributed by atoms with Crippen molar-refractivity contribution in [2.24, 2.45) is 5.92 Å². The van der Waals surface area contributed by atoms with Crippen molar-refractivity contribution in [1.82, 2.24) is 9.80 Å². The van der Waals surface area contributed by atoms with Gasteiger partial charge in [-0.2, -0.15) is 0 Å². The summed E-state index contributed by atoms with van der Waals surface area (Å²) in [6.45, 7) is 6.35. The molecule has 1 heterocycles. The highest BCUT2D eigenvalue weighted by Crippen LogP contribution is 2.33. The summed E-state index contributed by atoms with van der Waals surface area (Å²) >= 11 is 0. The summed E-state index contributed by atoms with van der Waals surface area (Å²) in [5.41, 5.74) is 0. The van der Waals surface area contributed by atoms with Crippen molar-refractivity contribution in [3.05, 3.63) is 0 Å². The van der Waals surface area contributed by atoms with E-state index in [2.05, 4.69) is 0 Å². The van der Waals surface area contributed by atoms with Crippen LogP contribution in [-0.2, 0) is 4.79 Å². The van der Waals surface area contributed by atoms with E-state index < -0.39 is 0 Å². The maximum Gasteiger partial charge on any atom is 0.320 e. The number of ketones is 1. The van der Waals surface area contributed by atoms with E-state index in [0.717, 1.165) is 51.7 Å². The van der Waals surface area contributed by atoms with E-state index in [4.69, 9.17) is 0 Å². The molecule has 4 heteroatoms. The van der Waals surface area contributed by atoms with Crippen molar-refractivity contribution in [3.8, 4) is 0 Å². The second-order valence-corrected chi connectivity index (χ2v) is 5.68. The molecule has 1 saturated carbocycles. The van der Waals surface area contributed by atoms with Gasteiger partial charge in [0.1, 0.15) is 5.78 Å². The summed E-state index contributed by atoms with van der Waals surface area (Å²) in [6, 6.07) is 0.297. The van der Waals surface area contributed by atoms with E-state index in [-0.39, 0.29) is 18.0 Å². The van der Waals surface area contributed by atoms with Crippen molar-refractivity contribution in [1.29, 1.82) is 0 Å². The highest BCUT2D eigenvalue weighted by molar-refractivity contribution is 5.84. The number of nitrogens with zero attached hydrogens (tertiary/aromatic N) is 2. The molecule has 108 valence electrons. The van der Waals surface area contributed by atoms with Crippen molar-refractivity contribution in [3.63, 3.8) is 0 Å². The zero-order chi connectivity index (χ0) is 13.8. The fourth-order valence-corrected chi connectivity index (χ4v) is 3.54. The molecular weight excluding hydrogens is 240 g/mol. The molecule has 1 aliphatic heterocycles. The van der Waals surface area contributed by atoms with E-state index in [1.165, 1.54) is 0 Å². The van der Waals surface area contributed by atoms with Crippen LogP contribution in [0.3, 0.4) is 0 Å². The van der Waals surface area contributed by atoms with Crippen LogP contribution in [0.25, 0.3) is 0 Å². The van der Waals surface area contributed by atoms with E-state index in [1.807, 2.05) is 23.6 Å². The molecule has 0 bridgehead atoms. The maximum atomic E-state index is 12.6. The number of hydrogen-bond donors (Lipinski definition) is 0. The van der Waals surface area contributed by atoms with Gasteiger partial charge in [0.2, 0.25) is 0 Å². The molecule has 0 radical (unpaired) electrons. The lowest BCUT2D eigenvalue weighted by molar-refractivity contribution is -0.122. The predicted octanol–water partition coefficient (Wildman–Crippen LogP) is 2.67. The monoisotopic (exact) mass is 266 g/mol. The first-order chi connectivity index (χ1) is 9.19. The molecule has 1 saturated heterocycles. The number of likely N-dealkylation sites (tertiary alicyclic amines) is 1. The Kier molecular flexibility index (Phi) is 4.83. The van der Waals surface area contributed by atoms with Crippen molar-refractivity contribution < 1.29 is 9.59 Å². The van der Waals surface area contributed by atoms with E-state index >= 15 is 0 Å². The van der Waals surface area contributed by atoms with Crippen LogP contribution in [0.15, 0.2) is 0 Å². The lowest BCUT2D eigenvalue weighted by atomic mass is 9.88. The molecule has 2 unspecified atom stereocenters. The first kappa shape index (κ1) is 14.4. The number of piperidine rings is 1. The summed E-state index contributed by atoms with van der Waals surface area (Å²) in [4.78, 5) is 28.4. The summed E-state index contributed by atoms with van der Waals surface area (Å²) in [7, 11) is 0. The fourth-order valence-electron chi connectivity index (χ4n) is 3.54. The number of Topliss-reactive ketones (excluding diaryl/α,β-unsaturated/α-hetero) is 1. The van der Waals surface area contributed by atoms with Crippen molar-refractivity contribution in [2.45, 2.75) is 58.4 Å². The highest BCUT2D eigenvalue weighted by atomic mass is 16.2. The lowest BCUT2D eigenvalue weighted by Crippen LogP contribution is -2.53. The predicted molar refractivity (Wildman–Crippen MR) is 75.0 cm³/mol. The smallest absolute Gasteiger partial charge is 0.320 e. The second-order valence-electron chi connectivity index (χ2n) is 5.68. The van der Waals surface area contributed by atoms with Crippen molar-refractivity contribution >= 4 is 11.8 Å². The Morgan fingerprint density at radius 2 is 1.95 bits per heavy atom. The minimum Gasteiger partial charge on any atom is -0.325 e. The van der Waals surface area contributed by atoms with Crippen LogP contribution >= 0.6 is 0 Å². The van der Waals surface area contributed by atoms with Crippen LogP contribution < -0.4 is 0 Å². The van der Waals surface area contributed by atoms with Gasteiger partial charge in [-0.15, -0.1) is 0 Å². The van der Waals surface area contributed by atoms with Gasteiger partial charge in [0, 0.05) is 38.0 Å². The van der Waals surface area contributed by atoms with Gasteiger partial charge in [-0.05, 0) is 46.0 Å². The molecule has 0 aromatic rings. The van der Waals surface area contributed by atoms with E-state index in [1.54, 1.807) is 0 Å². The third kappa shape index (κ3) is 2.93. The largest absolute Gasteiger partial charge is 0.325 e. The third-order valence-corrected chi connectivity index (χ3v) is 4.65. The molecule has 1 aliphatic carbocycles. The standard InChI is InChI=1S/C15H26N2O2/c1-3-16(4-2)15(19)17-11-6-5-9-13(17)12-8-7-10-14(12)18/h12-13H,3-11H2,1-2H3. The fraction of sp³-hybridized carbons (Fsp3) is 0.867. The molecule has 19 heavy (non-hydrogen) atoms. The first-order valence-corrected chi connectivity index (χ1v) is 7.77. The Bertz CT molecular complexity index is 339. The quantitative estimate of drug-likeness (QED) is 0.788. The zero-order valence-electron chi connectivity index (χ0n) is 12.2. The Labute approximate surface area is 116 Å². The van der Waals surface area contributed by atoms with Gasteiger partial charge in [0.25, 0.3) is 0 Å². The van der Waals surface area contributed by atoms with Crippen molar-refractivity contribution in [2.75, 3.05) is 19.6 Å². The number of rotatable bonds is 3. The molecule has 0 aromatic carbocycles. The first-order valence-electron chi connectivity index (χ1n) is 7.77. The third-order valence-electron chi connectivity index (χ3n) is 4.65. The lowest BCUT2D eigenvalue weighted by Gasteiger charge is -2.41. The van der Waals surface area contributed by atoms with Gasteiger partial charge < -0.3 is 9.80 Å². The Morgan fingerprint density at radius 1 is 1.21 bits per heavy atom. The Hall–Kier alpha value is -1.06.